The molecule has 26 heavy (non-hydrogen) atoms. The zero-order valence-electron chi connectivity index (χ0n) is 16.4. The molecule has 1 spiro atoms. The van der Waals surface area contributed by atoms with Crippen molar-refractivity contribution in [3.63, 3.8) is 0 Å². The smallest absolute Gasteiger partial charge is 0.253 e. The molecule has 2 aliphatic heterocycles. The number of carbonyl (C=O) groups excluding carboxylic acids is 2. The number of amides is 2. The fraction of sp³-hybridized carbons (Fsp3) is 0.619. The monoisotopic (exact) mass is 358 g/mol. The Morgan fingerprint density at radius 3 is 2.27 bits per heavy atom. The third-order valence-corrected chi connectivity index (χ3v) is 6.14. The summed E-state index contributed by atoms with van der Waals surface area (Å²) in [6, 6.07) is 6.03. The predicted octanol–water partition coefficient (Wildman–Crippen LogP) is 2.65. The number of hydrogen-bond acceptors (Lipinski definition) is 3. The quantitative estimate of drug-likeness (QED) is 0.835. The maximum Gasteiger partial charge on any atom is 0.253 e. The van der Waals surface area contributed by atoms with E-state index >= 15 is 0 Å². The van der Waals surface area contributed by atoms with E-state index in [2.05, 4.69) is 6.07 Å². The molecule has 0 aliphatic carbocycles. The maximum absolute atomic E-state index is 12.9. The largest absolute Gasteiger partial charge is 0.384 e. The summed E-state index contributed by atoms with van der Waals surface area (Å²) in [4.78, 5) is 28.7. The van der Waals surface area contributed by atoms with E-state index in [0.717, 1.165) is 55.7 Å². The zero-order valence-corrected chi connectivity index (χ0v) is 16.4. The molecule has 2 amide bonds. The molecule has 1 unspecified atom stereocenters. The van der Waals surface area contributed by atoms with Crippen molar-refractivity contribution in [2.45, 2.75) is 33.6 Å². The van der Waals surface area contributed by atoms with E-state index in [4.69, 9.17) is 4.74 Å². The molecule has 0 saturated carbocycles. The summed E-state index contributed by atoms with van der Waals surface area (Å²) in [7, 11) is 1.73. The molecule has 142 valence electrons. The van der Waals surface area contributed by atoms with Crippen LogP contribution in [0.3, 0.4) is 0 Å². The lowest BCUT2D eigenvalue weighted by Gasteiger charge is -2.42. The van der Waals surface area contributed by atoms with Gasteiger partial charge in [-0.05, 0) is 44.2 Å². The Hall–Kier alpha value is -1.88. The fourth-order valence-corrected chi connectivity index (χ4v) is 4.71. The first-order valence-corrected chi connectivity index (χ1v) is 9.47. The zero-order chi connectivity index (χ0) is 18.9. The first kappa shape index (κ1) is 18.9. The standard InChI is InChI=1S/C21H30N2O3/c1-15-9-16(2)11-18(10-15)20(25)22-7-5-21(6-8-22)14-23(17(3)24)12-19(21)13-26-4/h9-11,19H,5-8,12-14H2,1-4H3. The highest BCUT2D eigenvalue weighted by molar-refractivity contribution is 5.94. The number of carbonyl (C=O) groups is 2. The average Bonchev–Trinajstić information content (AvgIpc) is 2.93. The van der Waals surface area contributed by atoms with Gasteiger partial charge >= 0.3 is 0 Å². The number of hydrogen-bond donors (Lipinski definition) is 0. The van der Waals surface area contributed by atoms with Gasteiger partial charge in [0.05, 0.1) is 6.61 Å². The fourth-order valence-electron chi connectivity index (χ4n) is 4.71. The van der Waals surface area contributed by atoms with Crippen molar-refractivity contribution in [3.05, 3.63) is 34.9 Å². The van der Waals surface area contributed by atoms with Crippen LogP contribution in [0.25, 0.3) is 0 Å². The summed E-state index contributed by atoms with van der Waals surface area (Å²) >= 11 is 0. The van der Waals surface area contributed by atoms with Crippen LogP contribution in [0.4, 0.5) is 0 Å². The van der Waals surface area contributed by atoms with E-state index in [1.165, 1.54) is 0 Å². The number of piperidine rings is 1. The minimum absolute atomic E-state index is 0.0843. The highest BCUT2D eigenvalue weighted by atomic mass is 16.5. The van der Waals surface area contributed by atoms with Crippen LogP contribution in [0.2, 0.25) is 0 Å². The number of aryl methyl sites for hydroxylation is 2. The van der Waals surface area contributed by atoms with Gasteiger partial charge in [0.15, 0.2) is 0 Å². The number of methoxy groups -OCH3 is 1. The van der Waals surface area contributed by atoms with Crippen molar-refractivity contribution in [1.29, 1.82) is 0 Å². The molecule has 3 rings (SSSR count). The molecule has 1 aromatic rings. The van der Waals surface area contributed by atoms with E-state index in [1.54, 1.807) is 14.0 Å². The van der Waals surface area contributed by atoms with Crippen molar-refractivity contribution in [1.82, 2.24) is 9.80 Å². The van der Waals surface area contributed by atoms with Gasteiger partial charge in [-0.2, -0.15) is 0 Å². The number of ether oxygens (including phenoxy) is 1. The Kier molecular flexibility index (Phi) is 5.37. The first-order valence-electron chi connectivity index (χ1n) is 9.47. The van der Waals surface area contributed by atoms with Crippen LogP contribution in [0.5, 0.6) is 0 Å². The van der Waals surface area contributed by atoms with Crippen molar-refractivity contribution < 1.29 is 14.3 Å². The Morgan fingerprint density at radius 2 is 1.73 bits per heavy atom. The predicted molar refractivity (Wildman–Crippen MR) is 101 cm³/mol. The Bertz CT molecular complexity index is 672. The molecule has 0 bridgehead atoms. The molecular weight excluding hydrogens is 328 g/mol. The van der Waals surface area contributed by atoms with Gasteiger partial charge in [0.2, 0.25) is 5.91 Å². The molecule has 1 aromatic carbocycles. The molecule has 5 heteroatoms. The van der Waals surface area contributed by atoms with E-state index in [9.17, 15) is 9.59 Å². The molecule has 2 heterocycles. The number of benzene rings is 1. The van der Waals surface area contributed by atoms with Crippen molar-refractivity contribution in [3.8, 4) is 0 Å². The van der Waals surface area contributed by atoms with E-state index < -0.39 is 0 Å². The van der Waals surface area contributed by atoms with Gasteiger partial charge in [0.25, 0.3) is 5.91 Å². The van der Waals surface area contributed by atoms with Gasteiger partial charge in [0.1, 0.15) is 0 Å². The Morgan fingerprint density at radius 1 is 1.12 bits per heavy atom. The van der Waals surface area contributed by atoms with Gasteiger partial charge < -0.3 is 14.5 Å². The summed E-state index contributed by atoms with van der Waals surface area (Å²) in [5.74, 6) is 0.614. The summed E-state index contributed by atoms with van der Waals surface area (Å²) in [6.07, 6.45) is 1.86. The molecular formula is C21H30N2O3. The Balaban J connectivity index is 1.71. The maximum atomic E-state index is 12.9. The normalized spacial score (nSPS) is 22.1. The SMILES string of the molecule is COCC1CN(C(C)=O)CC12CCN(C(=O)c1cc(C)cc(C)c1)CC2. The lowest BCUT2D eigenvalue weighted by Crippen LogP contribution is -2.47. The third-order valence-electron chi connectivity index (χ3n) is 6.14. The first-order chi connectivity index (χ1) is 12.3. The lowest BCUT2D eigenvalue weighted by molar-refractivity contribution is -0.128. The second kappa shape index (κ2) is 7.39. The molecule has 0 N–H and O–H groups in total. The van der Waals surface area contributed by atoms with E-state index in [-0.39, 0.29) is 17.2 Å². The summed E-state index contributed by atoms with van der Waals surface area (Å²) in [6.45, 7) is 9.43. The van der Waals surface area contributed by atoms with Crippen molar-refractivity contribution in [2.24, 2.45) is 11.3 Å². The van der Waals surface area contributed by atoms with Crippen LogP contribution in [0.15, 0.2) is 18.2 Å². The molecule has 0 radical (unpaired) electrons. The topological polar surface area (TPSA) is 49.9 Å². The average molecular weight is 358 g/mol. The molecule has 5 nitrogen and oxygen atoms in total. The highest BCUT2D eigenvalue weighted by Crippen LogP contribution is 2.45. The van der Waals surface area contributed by atoms with Gasteiger partial charge in [-0.3, -0.25) is 9.59 Å². The second-order valence-corrected chi connectivity index (χ2v) is 8.08. The lowest BCUT2D eigenvalue weighted by atomic mass is 9.71. The highest BCUT2D eigenvalue weighted by Gasteiger charge is 2.49. The van der Waals surface area contributed by atoms with Crippen LogP contribution in [-0.4, -0.2) is 61.5 Å². The van der Waals surface area contributed by atoms with Gasteiger partial charge in [-0.25, -0.2) is 0 Å². The van der Waals surface area contributed by atoms with Gasteiger partial charge in [-0.1, -0.05) is 17.2 Å². The second-order valence-electron chi connectivity index (χ2n) is 8.08. The molecule has 1 atom stereocenters. The van der Waals surface area contributed by atoms with Crippen LogP contribution in [0, 0.1) is 25.2 Å². The molecule has 0 aromatic heterocycles. The van der Waals surface area contributed by atoms with Crippen molar-refractivity contribution in [2.75, 3.05) is 39.9 Å². The minimum atomic E-state index is 0.0843. The van der Waals surface area contributed by atoms with Crippen molar-refractivity contribution >= 4 is 11.8 Å². The number of nitrogens with zero attached hydrogens (tertiary/aromatic N) is 2. The summed E-state index contributed by atoms with van der Waals surface area (Å²) in [5, 5.41) is 0. The number of rotatable bonds is 3. The van der Waals surface area contributed by atoms with E-state index in [1.807, 2.05) is 35.8 Å². The number of likely N-dealkylation sites (tertiary alicyclic amines) is 2. The van der Waals surface area contributed by atoms with Crippen LogP contribution in [0.1, 0.15) is 41.3 Å². The molecule has 2 saturated heterocycles. The van der Waals surface area contributed by atoms with Gasteiger partial charge in [-0.15, -0.1) is 0 Å². The molecule has 2 aliphatic rings. The van der Waals surface area contributed by atoms with Crippen LogP contribution in [-0.2, 0) is 9.53 Å². The Labute approximate surface area is 156 Å². The van der Waals surface area contributed by atoms with E-state index in [0.29, 0.717) is 12.5 Å². The minimum Gasteiger partial charge on any atom is -0.384 e. The van der Waals surface area contributed by atoms with Gasteiger partial charge in [0, 0.05) is 51.7 Å². The molecule has 2 fully saturated rings. The van der Waals surface area contributed by atoms with Crippen LogP contribution >= 0.6 is 0 Å². The summed E-state index contributed by atoms with van der Waals surface area (Å²) in [5.41, 5.74) is 3.11. The summed E-state index contributed by atoms with van der Waals surface area (Å²) < 4.78 is 5.43. The third kappa shape index (κ3) is 3.63. The van der Waals surface area contributed by atoms with Crippen LogP contribution < -0.4 is 0 Å².